The zero-order valence-electron chi connectivity index (χ0n) is 19.6. The molecule has 0 aliphatic rings. The average Bonchev–Trinajstić information content (AvgIpc) is 3.14. The van der Waals surface area contributed by atoms with Gasteiger partial charge >= 0.3 is 0 Å². The summed E-state index contributed by atoms with van der Waals surface area (Å²) in [4.78, 5) is 4.44. The second kappa shape index (κ2) is 7.92. The van der Waals surface area contributed by atoms with Gasteiger partial charge in [-0.2, -0.15) is 0 Å². The van der Waals surface area contributed by atoms with Gasteiger partial charge in [-0.05, 0) is 23.0 Å². The van der Waals surface area contributed by atoms with Crippen molar-refractivity contribution in [1.29, 1.82) is 0 Å². The SMILES string of the molecule is [2H]C([2H])([2H])C(C)c1cccc(C(C)C([2H])([2H])[2H])c1-n1ccnc1-c1[c-]cccc1.[Ir]. The number of para-hydroxylation sites is 1. The molecule has 1 radical (unpaired) electrons. The quantitative estimate of drug-likeness (QED) is 0.427. The number of benzene rings is 2. The molecule has 0 aliphatic carbocycles. The van der Waals surface area contributed by atoms with Crippen LogP contribution in [0.5, 0.6) is 0 Å². The normalized spacial score (nSPS) is 17.9. The first kappa shape index (κ1) is 11.8. The predicted molar refractivity (Wildman–Crippen MR) is 96.0 cm³/mol. The van der Waals surface area contributed by atoms with Crippen LogP contribution in [0.1, 0.15) is 58.7 Å². The first-order valence-corrected chi connectivity index (χ1v) is 7.65. The molecule has 1 heterocycles. The summed E-state index contributed by atoms with van der Waals surface area (Å²) in [7, 11) is 0. The third-order valence-electron chi connectivity index (χ3n) is 3.86. The molecule has 2 aromatic carbocycles. The average molecular weight is 502 g/mol. The molecule has 2 nitrogen and oxygen atoms in total. The second-order valence-corrected chi connectivity index (χ2v) is 5.63. The van der Waals surface area contributed by atoms with E-state index in [0.29, 0.717) is 22.6 Å². The third-order valence-corrected chi connectivity index (χ3v) is 3.86. The Labute approximate surface area is 166 Å². The molecule has 3 rings (SSSR count). The molecule has 1 aromatic heterocycles. The Morgan fingerprint density at radius 2 is 1.75 bits per heavy atom. The standard InChI is InChI=1S/C21H23N2.Ir/c1-15(2)18-11-8-12-19(16(3)4)20(18)23-14-13-22-21(23)17-9-6-5-7-10-17;/h5-9,11-16H,1-4H3;/q-1;/i1D3,3D3;. The minimum Gasteiger partial charge on any atom is -0.340 e. The van der Waals surface area contributed by atoms with Crippen LogP contribution in [-0.4, -0.2) is 9.55 Å². The van der Waals surface area contributed by atoms with Gasteiger partial charge in [-0.25, -0.2) is 0 Å². The number of imidazole rings is 1. The summed E-state index contributed by atoms with van der Waals surface area (Å²) in [5, 5.41) is 0. The Morgan fingerprint density at radius 3 is 2.33 bits per heavy atom. The second-order valence-electron chi connectivity index (χ2n) is 5.63. The van der Waals surface area contributed by atoms with Gasteiger partial charge < -0.3 is 4.57 Å². The van der Waals surface area contributed by atoms with Crippen molar-refractivity contribution in [3.05, 3.63) is 72.1 Å². The Kier molecular flexibility index (Phi) is 3.89. The van der Waals surface area contributed by atoms with Crippen LogP contribution in [0.4, 0.5) is 0 Å². The summed E-state index contributed by atoms with van der Waals surface area (Å²) in [5.74, 6) is -0.984. The van der Waals surface area contributed by atoms with Gasteiger partial charge in [0.2, 0.25) is 0 Å². The summed E-state index contributed by atoms with van der Waals surface area (Å²) in [5.41, 5.74) is 2.42. The molecule has 2 atom stereocenters. The summed E-state index contributed by atoms with van der Waals surface area (Å²) in [6.45, 7) is -1.17. The molecular formula is C21H23IrN2-. The molecule has 0 saturated heterocycles. The molecule has 24 heavy (non-hydrogen) atoms. The molecule has 0 amide bonds. The van der Waals surface area contributed by atoms with Crippen LogP contribution < -0.4 is 0 Å². The molecular weight excluding hydrogens is 472 g/mol. The van der Waals surface area contributed by atoms with E-state index in [-0.39, 0.29) is 20.1 Å². The number of hydrogen-bond acceptors (Lipinski definition) is 1. The Morgan fingerprint density at radius 1 is 1.04 bits per heavy atom. The van der Waals surface area contributed by atoms with E-state index in [1.807, 2.05) is 18.2 Å². The van der Waals surface area contributed by atoms with Crippen LogP contribution in [0.3, 0.4) is 0 Å². The van der Waals surface area contributed by atoms with Crippen molar-refractivity contribution in [3.63, 3.8) is 0 Å². The molecule has 2 unspecified atom stereocenters. The van der Waals surface area contributed by atoms with Crippen molar-refractivity contribution in [2.75, 3.05) is 0 Å². The fraction of sp³-hybridized carbons (Fsp3) is 0.286. The van der Waals surface area contributed by atoms with Gasteiger partial charge in [0.05, 0.1) is 5.82 Å². The molecule has 0 aliphatic heterocycles. The van der Waals surface area contributed by atoms with E-state index in [2.05, 4.69) is 11.1 Å². The van der Waals surface area contributed by atoms with Crippen LogP contribution in [0.15, 0.2) is 54.9 Å². The third kappa shape index (κ3) is 3.53. The first-order valence-electron chi connectivity index (χ1n) is 10.7. The van der Waals surface area contributed by atoms with Crippen LogP contribution in [0.25, 0.3) is 17.1 Å². The molecule has 3 heteroatoms. The van der Waals surface area contributed by atoms with Crippen molar-refractivity contribution < 1.29 is 28.3 Å². The van der Waals surface area contributed by atoms with Crippen LogP contribution in [0, 0.1) is 6.07 Å². The van der Waals surface area contributed by atoms with Gasteiger partial charge in [-0.1, -0.05) is 45.8 Å². The maximum absolute atomic E-state index is 7.91. The van der Waals surface area contributed by atoms with Gasteiger partial charge in [0.25, 0.3) is 0 Å². The molecule has 127 valence electrons. The van der Waals surface area contributed by atoms with Crippen LogP contribution in [-0.2, 0) is 20.1 Å². The zero-order chi connectivity index (χ0) is 21.4. The molecule has 0 spiro atoms. The van der Waals surface area contributed by atoms with Gasteiger partial charge in [0.15, 0.2) is 0 Å². The molecule has 0 saturated carbocycles. The number of aromatic nitrogens is 2. The van der Waals surface area contributed by atoms with Crippen molar-refractivity contribution >= 4 is 0 Å². The van der Waals surface area contributed by atoms with Gasteiger partial charge in [-0.15, -0.1) is 35.9 Å². The monoisotopic (exact) mass is 502 g/mol. The first-order chi connectivity index (χ1) is 13.5. The minimum absolute atomic E-state index is 0. The van der Waals surface area contributed by atoms with Crippen molar-refractivity contribution in [2.24, 2.45) is 0 Å². The summed E-state index contributed by atoms with van der Waals surface area (Å²) >= 11 is 0. The van der Waals surface area contributed by atoms with E-state index in [4.69, 9.17) is 8.22 Å². The van der Waals surface area contributed by atoms with Crippen LogP contribution in [0.2, 0.25) is 0 Å². The van der Waals surface area contributed by atoms with E-state index >= 15 is 0 Å². The summed E-state index contributed by atoms with van der Waals surface area (Å²) < 4.78 is 49.2. The fourth-order valence-corrected chi connectivity index (χ4v) is 2.77. The minimum atomic E-state index is -2.23. The molecule has 0 N–H and O–H groups in total. The van der Waals surface area contributed by atoms with E-state index in [1.165, 1.54) is 0 Å². The topological polar surface area (TPSA) is 17.8 Å². The molecule has 0 bridgehead atoms. The van der Waals surface area contributed by atoms with Gasteiger partial charge in [0, 0.05) is 46.4 Å². The largest absolute Gasteiger partial charge is 0.340 e. The van der Waals surface area contributed by atoms with E-state index in [1.54, 1.807) is 55.1 Å². The van der Waals surface area contributed by atoms with E-state index in [0.717, 1.165) is 5.56 Å². The van der Waals surface area contributed by atoms with Crippen molar-refractivity contribution in [3.8, 4) is 17.1 Å². The summed E-state index contributed by atoms with van der Waals surface area (Å²) in [6, 6.07) is 15.7. The zero-order valence-corrected chi connectivity index (χ0v) is 16.0. The summed E-state index contributed by atoms with van der Waals surface area (Å²) in [6.07, 6.45) is 3.35. The Bertz CT molecular complexity index is 941. The van der Waals surface area contributed by atoms with Crippen molar-refractivity contribution in [1.82, 2.24) is 9.55 Å². The Balaban J connectivity index is 0.00000320. The molecule has 0 fully saturated rings. The van der Waals surface area contributed by atoms with Gasteiger partial charge in [-0.3, -0.25) is 4.98 Å². The van der Waals surface area contributed by atoms with Crippen LogP contribution >= 0.6 is 0 Å². The number of rotatable bonds is 4. The van der Waals surface area contributed by atoms with Gasteiger partial charge in [0.1, 0.15) is 0 Å². The maximum Gasteiger partial charge on any atom is 0.0602 e. The van der Waals surface area contributed by atoms with E-state index < -0.39 is 25.5 Å². The predicted octanol–water partition coefficient (Wildman–Crippen LogP) is 5.58. The number of hydrogen-bond donors (Lipinski definition) is 0. The molecule has 3 aromatic rings. The fourth-order valence-electron chi connectivity index (χ4n) is 2.77. The Hall–Kier alpha value is -1.70. The van der Waals surface area contributed by atoms with Crippen molar-refractivity contribution in [2.45, 2.75) is 39.4 Å². The smallest absolute Gasteiger partial charge is 0.0602 e. The number of nitrogens with zero attached hydrogens (tertiary/aromatic N) is 2. The maximum atomic E-state index is 7.91. The van der Waals surface area contributed by atoms with E-state index in [9.17, 15) is 0 Å².